The van der Waals surface area contributed by atoms with Crippen LogP contribution in [-0.2, 0) is 4.74 Å². The van der Waals surface area contributed by atoms with Gasteiger partial charge in [0.25, 0.3) is 0 Å². The van der Waals surface area contributed by atoms with Crippen LogP contribution in [-0.4, -0.2) is 26.4 Å². The van der Waals surface area contributed by atoms with Crippen molar-refractivity contribution in [2.45, 2.75) is 37.8 Å². The topological polar surface area (TPSA) is 30.5 Å². The zero-order valence-electron chi connectivity index (χ0n) is 10.9. The quantitative estimate of drug-likeness (QED) is 0.893. The van der Waals surface area contributed by atoms with Gasteiger partial charge in [-0.2, -0.15) is 0 Å². The molecule has 0 radical (unpaired) electrons. The van der Waals surface area contributed by atoms with Crippen molar-refractivity contribution in [3.8, 4) is 5.75 Å². The van der Waals surface area contributed by atoms with Gasteiger partial charge in [0.15, 0.2) is 11.6 Å². The molecular formula is C14H20FNO2. The van der Waals surface area contributed by atoms with Crippen molar-refractivity contribution in [2.75, 3.05) is 19.5 Å². The minimum Gasteiger partial charge on any atom is -0.494 e. The van der Waals surface area contributed by atoms with Gasteiger partial charge < -0.3 is 14.8 Å². The molecule has 0 aliphatic heterocycles. The van der Waals surface area contributed by atoms with Gasteiger partial charge in [0, 0.05) is 18.9 Å². The lowest BCUT2D eigenvalue weighted by molar-refractivity contribution is 0.0606. The first-order valence-corrected chi connectivity index (χ1v) is 6.37. The van der Waals surface area contributed by atoms with Crippen molar-refractivity contribution in [1.82, 2.24) is 0 Å². The monoisotopic (exact) mass is 253 g/mol. The van der Waals surface area contributed by atoms with Gasteiger partial charge in [-0.25, -0.2) is 4.39 Å². The zero-order chi connectivity index (χ0) is 13.0. The van der Waals surface area contributed by atoms with Crippen LogP contribution in [0.3, 0.4) is 0 Å². The fourth-order valence-electron chi connectivity index (χ4n) is 2.51. The molecule has 100 valence electrons. The first kappa shape index (κ1) is 13.1. The second kappa shape index (κ2) is 6.05. The standard InChI is InChI=1S/C14H20FNO2/c1-17-13-6-4-3-5-12(13)16-10-7-8-11(15)14(9-10)18-2/h7-9,12-13,16H,3-6H2,1-2H3. The number of nitrogens with one attached hydrogen (secondary N) is 1. The van der Waals surface area contributed by atoms with E-state index >= 15 is 0 Å². The molecule has 1 aromatic rings. The van der Waals surface area contributed by atoms with E-state index in [9.17, 15) is 4.39 Å². The number of rotatable bonds is 4. The fraction of sp³-hybridized carbons (Fsp3) is 0.571. The summed E-state index contributed by atoms with van der Waals surface area (Å²) in [6, 6.07) is 5.14. The number of anilines is 1. The van der Waals surface area contributed by atoms with Crippen LogP contribution in [0.15, 0.2) is 18.2 Å². The van der Waals surface area contributed by atoms with Crippen molar-refractivity contribution in [1.29, 1.82) is 0 Å². The summed E-state index contributed by atoms with van der Waals surface area (Å²) in [5, 5.41) is 3.41. The Morgan fingerprint density at radius 3 is 2.72 bits per heavy atom. The van der Waals surface area contributed by atoms with E-state index in [0.29, 0.717) is 6.04 Å². The highest BCUT2D eigenvalue weighted by atomic mass is 19.1. The SMILES string of the molecule is COc1cc(NC2CCCCC2OC)ccc1F. The third kappa shape index (κ3) is 2.93. The van der Waals surface area contributed by atoms with Crippen LogP contribution >= 0.6 is 0 Å². The van der Waals surface area contributed by atoms with Gasteiger partial charge in [-0.1, -0.05) is 12.8 Å². The van der Waals surface area contributed by atoms with Gasteiger partial charge in [-0.15, -0.1) is 0 Å². The number of benzene rings is 1. The van der Waals surface area contributed by atoms with Gasteiger partial charge in [0.2, 0.25) is 0 Å². The van der Waals surface area contributed by atoms with E-state index in [1.165, 1.54) is 26.0 Å². The Bertz CT molecular complexity index is 397. The molecule has 1 aliphatic rings. The lowest BCUT2D eigenvalue weighted by atomic mass is 9.92. The molecule has 2 rings (SSSR count). The largest absolute Gasteiger partial charge is 0.494 e. The molecule has 2 unspecified atom stereocenters. The second-order valence-corrected chi connectivity index (χ2v) is 4.66. The molecule has 1 N–H and O–H groups in total. The molecule has 0 aromatic heterocycles. The summed E-state index contributed by atoms with van der Waals surface area (Å²) >= 11 is 0. The molecule has 0 spiro atoms. The van der Waals surface area contributed by atoms with Crippen molar-refractivity contribution in [3.63, 3.8) is 0 Å². The predicted octanol–water partition coefficient (Wildman–Crippen LogP) is 3.20. The lowest BCUT2D eigenvalue weighted by Gasteiger charge is -2.31. The van der Waals surface area contributed by atoms with E-state index in [-0.39, 0.29) is 17.7 Å². The van der Waals surface area contributed by atoms with E-state index in [0.717, 1.165) is 18.5 Å². The molecule has 1 aromatic carbocycles. The number of methoxy groups -OCH3 is 2. The Balaban J connectivity index is 2.07. The Morgan fingerprint density at radius 1 is 1.22 bits per heavy atom. The summed E-state index contributed by atoms with van der Waals surface area (Å²) in [7, 11) is 3.22. The van der Waals surface area contributed by atoms with Crippen molar-refractivity contribution >= 4 is 5.69 Å². The molecule has 2 atom stereocenters. The van der Waals surface area contributed by atoms with Crippen LogP contribution in [0.2, 0.25) is 0 Å². The summed E-state index contributed by atoms with van der Waals surface area (Å²) in [6.07, 6.45) is 4.80. The first-order chi connectivity index (χ1) is 8.74. The molecule has 3 nitrogen and oxygen atoms in total. The maximum atomic E-state index is 13.3. The second-order valence-electron chi connectivity index (χ2n) is 4.66. The van der Waals surface area contributed by atoms with Crippen molar-refractivity contribution < 1.29 is 13.9 Å². The van der Waals surface area contributed by atoms with Crippen LogP contribution in [0.25, 0.3) is 0 Å². The molecule has 0 bridgehead atoms. The molecule has 1 saturated carbocycles. The van der Waals surface area contributed by atoms with Crippen LogP contribution in [0.4, 0.5) is 10.1 Å². The predicted molar refractivity (Wildman–Crippen MR) is 69.6 cm³/mol. The number of ether oxygens (including phenoxy) is 2. The molecule has 18 heavy (non-hydrogen) atoms. The van der Waals surface area contributed by atoms with Crippen LogP contribution in [0.5, 0.6) is 5.75 Å². The molecular weight excluding hydrogens is 233 g/mol. The average molecular weight is 253 g/mol. The van der Waals surface area contributed by atoms with Crippen LogP contribution in [0.1, 0.15) is 25.7 Å². The summed E-state index contributed by atoms with van der Waals surface area (Å²) < 4.78 is 23.8. The highest BCUT2D eigenvalue weighted by molar-refractivity contribution is 5.49. The van der Waals surface area contributed by atoms with E-state index in [2.05, 4.69) is 5.32 Å². The minimum absolute atomic E-state index is 0.231. The van der Waals surface area contributed by atoms with Gasteiger partial charge in [-0.05, 0) is 25.0 Å². The van der Waals surface area contributed by atoms with Crippen LogP contribution in [0, 0.1) is 5.82 Å². The summed E-state index contributed by atoms with van der Waals surface area (Å²) in [6.45, 7) is 0. The van der Waals surface area contributed by atoms with Crippen LogP contribution < -0.4 is 10.1 Å². The van der Waals surface area contributed by atoms with E-state index in [4.69, 9.17) is 9.47 Å². The zero-order valence-corrected chi connectivity index (χ0v) is 10.9. The Hall–Kier alpha value is -1.29. The molecule has 0 amide bonds. The van der Waals surface area contributed by atoms with Gasteiger partial charge in [0.05, 0.1) is 19.3 Å². The summed E-state index contributed by atoms with van der Waals surface area (Å²) in [5.74, 6) is -0.0697. The highest BCUT2D eigenvalue weighted by Crippen LogP contribution is 2.27. The number of hydrogen-bond donors (Lipinski definition) is 1. The third-order valence-electron chi connectivity index (χ3n) is 3.51. The first-order valence-electron chi connectivity index (χ1n) is 6.37. The minimum atomic E-state index is -0.338. The molecule has 0 saturated heterocycles. The van der Waals surface area contributed by atoms with E-state index in [1.54, 1.807) is 19.2 Å². The number of halogens is 1. The molecule has 1 aliphatic carbocycles. The van der Waals surface area contributed by atoms with Gasteiger partial charge >= 0.3 is 0 Å². The maximum absolute atomic E-state index is 13.3. The smallest absolute Gasteiger partial charge is 0.165 e. The number of hydrogen-bond acceptors (Lipinski definition) is 3. The van der Waals surface area contributed by atoms with E-state index in [1.807, 2.05) is 0 Å². The fourth-order valence-corrected chi connectivity index (χ4v) is 2.51. The van der Waals surface area contributed by atoms with Crippen molar-refractivity contribution in [2.24, 2.45) is 0 Å². The molecule has 0 heterocycles. The molecule has 4 heteroatoms. The summed E-state index contributed by atoms with van der Waals surface area (Å²) in [5.41, 5.74) is 0.877. The maximum Gasteiger partial charge on any atom is 0.165 e. The lowest BCUT2D eigenvalue weighted by Crippen LogP contribution is -2.37. The van der Waals surface area contributed by atoms with Gasteiger partial charge in [-0.3, -0.25) is 0 Å². The normalized spacial score (nSPS) is 23.7. The third-order valence-corrected chi connectivity index (χ3v) is 3.51. The Kier molecular flexibility index (Phi) is 4.42. The average Bonchev–Trinajstić information content (AvgIpc) is 2.41. The Morgan fingerprint density at radius 2 is 2.00 bits per heavy atom. The molecule has 1 fully saturated rings. The highest BCUT2D eigenvalue weighted by Gasteiger charge is 2.24. The summed E-state index contributed by atoms with van der Waals surface area (Å²) in [4.78, 5) is 0. The Labute approximate surface area is 107 Å². The van der Waals surface area contributed by atoms with Crippen molar-refractivity contribution in [3.05, 3.63) is 24.0 Å². The van der Waals surface area contributed by atoms with Gasteiger partial charge in [0.1, 0.15) is 0 Å². The van der Waals surface area contributed by atoms with E-state index < -0.39 is 0 Å².